The predicted molar refractivity (Wildman–Crippen MR) is 38.7 cm³/mol. The van der Waals surface area contributed by atoms with Crippen molar-refractivity contribution >= 4 is 0 Å². The lowest BCUT2D eigenvalue weighted by Gasteiger charge is -1.96. The van der Waals surface area contributed by atoms with E-state index in [1.54, 1.807) is 12.3 Å². The van der Waals surface area contributed by atoms with Gasteiger partial charge in [-0.05, 0) is 24.6 Å². The molecular weight excluding hydrogens is 128 g/mol. The third-order valence-corrected chi connectivity index (χ3v) is 1.21. The van der Waals surface area contributed by atoms with Gasteiger partial charge in [-0.2, -0.15) is 0 Å². The van der Waals surface area contributed by atoms with E-state index in [-0.39, 0.29) is 5.75 Å². The van der Waals surface area contributed by atoms with Crippen molar-refractivity contribution < 1.29 is 5.11 Å². The fraction of sp³-hybridized carbons (Fsp3) is 0.286. The van der Waals surface area contributed by atoms with Crippen LogP contribution >= 0.6 is 0 Å². The summed E-state index contributed by atoms with van der Waals surface area (Å²) in [6, 6.07) is 1.67. The lowest BCUT2D eigenvalue weighted by Crippen LogP contribution is -2.02. The molecule has 0 amide bonds. The van der Waals surface area contributed by atoms with E-state index in [2.05, 4.69) is 4.98 Å². The van der Waals surface area contributed by atoms with Crippen molar-refractivity contribution in [2.75, 3.05) is 6.54 Å². The molecule has 0 fully saturated rings. The number of hydrogen-bond donors (Lipinski definition) is 2. The molecule has 1 aromatic heterocycles. The summed E-state index contributed by atoms with van der Waals surface area (Å²) in [5.41, 5.74) is 6.28. The molecule has 0 aliphatic heterocycles. The van der Waals surface area contributed by atoms with Crippen LogP contribution in [0.3, 0.4) is 0 Å². The van der Waals surface area contributed by atoms with Crippen LogP contribution in [0.4, 0.5) is 0 Å². The van der Waals surface area contributed by atoms with Crippen molar-refractivity contribution in [1.29, 1.82) is 0 Å². The third kappa shape index (κ3) is 1.70. The summed E-state index contributed by atoms with van der Waals surface area (Å²) in [6.45, 7) is 0.588. The second-order valence-corrected chi connectivity index (χ2v) is 2.09. The Bertz CT molecular complexity index is 213. The lowest BCUT2D eigenvalue weighted by atomic mass is 10.2. The monoisotopic (exact) mass is 138 g/mol. The molecule has 3 heteroatoms. The molecule has 0 aliphatic rings. The molecule has 54 valence electrons. The SMILES string of the molecule is NCCc1cncc(O)c1. The molecule has 1 heterocycles. The number of pyridine rings is 1. The van der Waals surface area contributed by atoms with E-state index in [1.807, 2.05) is 0 Å². The van der Waals surface area contributed by atoms with E-state index in [0.717, 1.165) is 12.0 Å². The molecule has 1 aromatic rings. The van der Waals surface area contributed by atoms with E-state index in [4.69, 9.17) is 10.8 Å². The van der Waals surface area contributed by atoms with E-state index >= 15 is 0 Å². The number of rotatable bonds is 2. The van der Waals surface area contributed by atoms with Gasteiger partial charge in [0.05, 0.1) is 6.20 Å². The predicted octanol–water partition coefficient (Wildman–Crippen LogP) is 0.288. The molecule has 1 rings (SSSR count). The largest absolute Gasteiger partial charge is 0.506 e. The van der Waals surface area contributed by atoms with Crippen LogP contribution in [0, 0.1) is 0 Å². The van der Waals surface area contributed by atoms with Crippen molar-refractivity contribution in [2.24, 2.45) is 5.73 Å². The Hall–Kier alpha value is -1.09. The molecule has 0 saturated heterocycles. The first-order valence-electron chi connectivity index (χ1n) is 3.16. The van der Waals surface area contributed by atoms with Gasteiger partial charge >= 0.3 is 0 Å². The summed E-state index contributed by atoms with van der Waals surface area (Å²) in [7, 11) is 0. The van der Waals surface area contributed by atoms with Crippen molar-refractivity contribution in [3.05, 3.63) is 24.0 Å². The van der Waals surface area contributed by atoms with Gasteiger partial charge in [-0.1, -0.05) is 0 Å². The number of nitrogens with zero attached hydrogens (tertiary/aromatic N) is 1. The molecule has 0 spiro atoms. The molecule has 3 N–H and O–H groups in total. The fourth-order valence-corrected chi connectivity index (χ4v) is 0.777. The zero-order chi connectivity index (χ0) is 7.40. The minimum atomic E-state index is 0.200. The van der Waals surface area contributed by atoms with Crippen LogP contribution in [0.5, 0.6) is 5.75 Å². The minimum absolute atomic E-state index is 0.200. The average molecular weight is 138 g/mol. The van der Waals surface area contributed by atoms with Gasteiger partial charge in [0.25, 0.3) is 0 Å². The molecule has 10 heavy (non-hydrogen) atoms. The van der Waals surface area contributed by atoms with Crippen LogP contribution in [0.25, 0.3) is 0 Å². The second kappa shape index (κ2) is 3.17. The highest BCUT2D eigenvalue weighted by atomic mass is 16.3. The quantitative estimate of drug-likeness (QED) is 0.617. The van der Waals surface area contributed by atoms with Gasteiger partial charge < -0.3 is 10.8 Å². The Morgan fingerprint density at radius 2 is 2.30 bits per heavy atom. The van der Waals surface area contributed by atoms with E-state index < -0.39 is 0 Å². The summed E-state index contributed by atoms with van der Waals surface area (Å²) < 4.78 is 0. The maximum Gasteiger partial charge on any atom is 0.134 e. The molecule has 0 aliphatic carbocycles. The lowest BCUT2D eigenvalue weighted by molar-refractivity contribution is 0.472. The molecule has 0 saturated carbocycles. The van der Waals surface area contributed by atoms with Gasteiger partial charge in [-0.3, -0.25) is 4.98 Å². The smallest absolute Gasteiger partial charge is 0.134 e. The van der Waals surface area contributed by atoms with Crippen molar-refractivity contribution in [1.82, 2.24) is 4.98 Å². The van der Waals surface area contributed by atoms with Crippen LogP contribution in [-0.4, -0.2) is 16.6 Å². The highest BCUT2D eigenvalue weighted by molar-refractivity contribution is 5.21. The van der Waals surface area contributed by atoms with Gasteiger partial charge in [-0.25, -0.2) is 0 Å². The highest BCUT2D eigenvalue weighted by Crippen LogP contribution is 2.07. The zero-order valence-electron chi connectivity index (χ0n) is 5.62. The summed E-state index contributed by atoms with van der Waals surface area (Å²) in [5.74, 6) is 0.200. The molecule has 0 bridgehead atoms. The van der Waals surface area contributed by atoms with Crippen LogP contribution in [0.15, 0.2) is 18.5 Å². The van der Waals surface area contributed by atoms with E-state index in [9.17, 15) is 0 Å². The van der Waals surface area contributed by atoms with Gasteiger partial charge in [0, 0.05) is 6.20 Å². The number of aromatic nitrogens is 1. The third-order valence-electron chi connectivity index (χ3n) is 1.21. The highest BCUT2D eigenvalue weighted by Gasteiger charge is 1.91. The fourth-order valence-electron chi connectivity index (χ4n) is 0.777. The van der Waals surface area contributed by atoms with E-state index in [1.165, 1.54) is 6.20 Å². The molecule has 0 radical (unpaired) electrons. The van der Waals surface area contributed by atoms with Crippen LogP contribution < -0.4 is 5.73 Å². The van der Waals surface area contributed by atoms with Gasteiger partial charge in [0.15, 0.2) is 0 Å². The number of hydrogen-bond acceptors (Lipinski definition) is 3. The van der Waals surface area contributed by atoms with Crippen molar-refractivity contribution in [3.63, 3.8) is 0 Å². The second-order valence-electron chi connectivity index (χ2n) is 2.09. The first kappa shape index (κ1) is 7.02. The molecule has 0 aromatic carbocycles. The summed E-state index contributed by atoms with van der Waals surface area (Å²) >= 11 is 0. The molecule has 0 unspecified atom stereocenters. The normalized spacial score (nSPS) is 9.70. The first-order chi connectivity index (χ1) is 4.83. The van der Waals surface area contributed by atoms with Gasteiger partial charge in [0.1, 0.15) is 5.75 Å². The summed E-state index contributed by atoms with van der Waals surface area (Å²) in [4.78, 5) is 3.80. The Kier molecular flexibility index (Phi) is 2.23. The number of nitrogens with two attached hydrogens (primary N) is 1. The topological polar surface area (TPSA) is 59.1 Å². The Labute approximate surface area is 59.5 Å². The Morgan fingerprint density at radius 1 is 1.50 bits per heavy atom. The van der Waals surface area contributed by atoms with Gasteiger partial charge in [-0.15, -0.1) is 0 Å². The van der Waals surface area contributed by atoms with Crippen LogP contribution in [-0.2, 0) is 6.42 Å². The maximum absolute atomic E-state index is 8.94. The maximum atomic E-state index is 8.94. The minimum Gasteiger partial charge on any atom is -0.506 e. The first-order valence-corrected chi connectivity index (χ1v) is 3.16. The summed E-state index contributed by atoms with van der Waals surface area (Å²) in [6.07, 6.45) is 3.87. The Morgan fingerprint density at radius 3 is 2.90 bits per heavy atom. The molecule has 3 nitrogen and oxygen atoms in total. The zero-order valence-corrected chi connectivity index (χ0v) is 5.62. The van der Waals surface area contributed by atoms with Gasteiger partial charge in [0.2, 0.25) is 0 Å². The summed E-state index contributed by atoms with van der Waals surface area (Å²) in [5, 5.41) is 8.94. The molecular formula is C7H10N2O. The van der Waals surface area contributed by atoms with Crippen molar-refractivity contribution in [2.45, 2.75) is 6.42 Å². The number of aromatic hydroxyl groups is 1. The van der Waals surface area contributed by atoms with E-state index in [0.29, 0.717) is 6.54 Å². The van der Waals surface area contributed by atoms with Crippen LogP contribution in [0.2, 0.25) is 0 Å². The molecule has 0 atom stereocenters. The average Bonchev–Trinajstić information content (AvgIpc) is 1.88. The standard InChI is InChI=1S/C7H10N2O/c8-2-1-6-3-7(10)5-9-4-6/h3-5,10H,1-2,8H2. The van der Waals surface area contributed by atoms with Crippen LogP contribution in [0.1, 0.15) is 5.56 Å². The van der Waals surface area contributed by atoms with Crippen molar-refractivity contribution in [3.8, 4) is 5.75 Å². The Balaban J connectivity index is 2.75.